The first-order valence-electron chi connectivity index (χ1n) is 5.37. The summed E-state index contributed by atoms with van der Waals surface area (Å²) in [7, 11) is -2.93. The molecule has 0 heterocycles. The van der Waals surface area contributed by atoms with Gasteiger partial charge < -0.3 is 10.2 Å². The van der Waals surface area contributed by atoms with E-state index in [9.17, 15) is 8.42 Å². The molecule has 0 aliphatic heterocycles. The van der Waals surface area contributed by atoms with Gasteiger partial charge in [0.1, 0.15) is 9.84 Å². The smallest absolute Gasteiger partial charge is 0.150 e. The van der Waals surface area contributed by atoms with Gasteiger partial charge in [0.2, 0.25) is 0 Å². The summed E-state index contributed by atoms with van der Waals surface area (Å²) in [5.41, 5.74) is -0.511. The van der Waals surface area contributed by atoms with Crippen molar-refractivity contribution in [2.45, 2.75) is 33.1 Å². The molecule has 0 rings (SSSR count). The summed E-state index contributed by atoms with van der Waals surface area (Å²) in [5, 5.41) is 18.3. The number of hydrogen-bond acceptors (Lipinski definition) is 4. The van der Waals surface area contributed by atoms with Crippen LogP contribution in [0.5, 0.6) is 0 Å². The van der Waals surface area contributed by atoms with E-state index in [1.165, 1.54) is 0 Å². The van der Waals surface area contributed by atoms with E-state index in [0.29, 0.717) is 19.3 Å². The summed E-state index contributed by atoms with van der Waals surface area (Å²) >= 11 is 0. The zero-order valence-electron chi connectivity index (χ0n) is 9.57. The van der Waals surface area contributed by atoms with E-state index in [0.717, 1.165) is 0 Å². The second-order valence-corrected chi connectivity index (χ2v) is 6.48. The Morgan fingerprint density at radius 1 is 1.13 bits per heavy atom. The monoisotopic (exact) mass is 238 g/mol. The van der Waals surface area contributed by atoms with Crippen molar-refractivity contribution in [1.29, 1.82) is 0 Å². The third-order valence-electron chi connectivity index (χ3n) is 3.02. The van der Waals surface area contributed by atoms with E-state index in [4.69, 9.17) is 10.2 Å². The van der Waals surface area contributed by atoms with Crippen molar-refractivity contribution in [3.63, 3.8) is 0 Å². The highest BCUT2D eigenvalue weighted by molar-refractivity contribution is 7.91. The molecule has 2 N–H and O–H groups in total. The van der Waals surface area contributed by atoms with Gasteiger partial charge in [-0.3, -0.25) is 0 Å². The Balaban J connectivity index is 4.13. The van der Waals surface area contributed by atoms with Crippen LogP contribution in [0.1, 0.15) is 33.1 Å². The van der Waals surface area contributed by atoms with Gasteiger partial charge in [0.25, 0.3) is 0 Å². The van der Waals surface area contributed by atoms with Gasteiger partial charge >= 0.3 is 0 Å². The average Bonchev–Trinajstić information content (AvgIpc) is 2.25. The number of aliphatic hydroxyl groups excluding tert-OH is 2. The summed E-state index contributed by atoms with van der Waals surface area (Å²) in [6.45, 7) is 3.33. The number of sulfone groups is 1. The Labute approximate surface area is 92.2 Å². The first kappa shape index (κ1) is 14.9. The summed E-state index contributed by atoms with van der Waals surface area (Å²) in [6, 6.07) is 0. The maximum absolute atomic E-state index is 11.2. The van der Waals surface area contributed by atoms with Crippen molar-refractivity contribution in [1.82, 2.24) is 0 Å². The molecule has 0 amide bonds. The Hall–Kier alpha value is -0.130. The first-order chi connectivity index (χ1) is 6.95. The molecule has 0 radical (unpaired) electrons. The number of hydrogen-bond donors (Lipinski definition) is 2. The van der Waals surface area contributed by atoms with E-state index in [2.05, 4.69) is 0 Å². The Morgan fingerprint density at radius 3 is 2.00 bits per heavy atom. The van der Waals surface area contributed by atoms with Gasteiger partial charge in [0.05, 0.1) is 19.0 Å². The molecule has 0 aromatic rings. The van der Waals surface area contributed by atoms with Crippen LogP contribution in [-0.4, -0.2) is 43.4 Å². The molecular formula is C10H22O4S. The molecule has 0 aromatic carbocycles. The van der Waals surface area contributed by atoms with Gasteiger partial charge in [-0.05, 0) is 19.3 Å². The normalized spacial score (nSPS) is 13.1. The predicted octanol–water partition coefficient (Wildman–Crippen LogP) is 0.582. The maximum atomic E-state index is 11.2. The Kier molecular flexibility index (Phi) is 6.40. The lowest BCUT2D eigenvalue weighted by Gasteiger charge is -2.28. The fourth-order valence-electron chi connectivity index (χ4n) is 1.42. The number of aliphatic hydroxyl groups is 2. The van der Waals surface area contributed by atoms with Gasteiger partial charge in [0.15, 0.2) is 0 Å². The summed E-state index contributed by atoms with van der Waals surface area (Å²) in [4.78, 5) is 0. The summed E-state index contributed by atoms with van der Waals surface area (Å²) in [6.07, 6.45) is 1.72. The zero-order chi connectivity index (χ0) is 11.9. The molecule has 0 bridgehead atoms. The first-order valence-corrected chi connectivity index (χ1v) is 7.19. The highest BCUT2D eigenvalue weighted by Crippen LogP contribution is 2.26. The van der Waals surface area contributed by atoms with Crippen molar-refractivity contribution in [2.75, 3.05) is 24.7 Å². The zero-order valence-corrected chi connectivity index (χ0v) is 10.4. The van der Waals surface area contributed by atoms with E-state index in [1.807, 2.05) is 6.92 Å². The molecule has 15 heavy (non-hydrogen) atoms. The van der Waals surface area contributed by atoms with Crippen LogP contribution in [-0.2, 0) is 9.84 Å². The molecule has 4 nitrogen and oxygen atoms in total. The van der Waals surface area contributed by atoms with E-state index >= 15 is 0 Å². The largest absolute Gasteiger partial charge is 0.396 e. The molecule has 0 aliphatic rings. The molecule has 0 aromatic heterocycles. The molecule has 0 saturated heterocycles. The minimum absolute atomic E-state index is 0.0911. The molecule has 92 valence electrons. The van der Waals surface area contributed by atoms with Crippen molar-refractivity contribution >= 4 is 9.84 Å². The highest BCUT2D eigenvalue weighted by Gasteiger charge is 2.26. The van der Waals surface area contributed by atoms with Crippen LogP contribution < -0.4 is 0 Å². The van der Waals surface area contributed by atoms with E-state index in [-0.39, 0.29) is 24.7 Å². The maximum Gasteiger partial charge on any atom is 0.150 e. The molecule has 0 atom stereocenters. The van der Waals surface area contributed by atoms with Crippen LogP contribution >= 0.6 is 0 Å². The molecule has 0 fully saturated rings. The van der Waals surface area contributed by atoms with Crippen LogP contribution in [0.25, 0.3) is 0 Å². The molecule has 5 heteroatoms. The molecule has 0 spiro atoms. The van der Waals surface area contributed by atoms with Gasteiger partial charge in [-0.15, -0.1) is 0 Å². The fraction of sp³-hybridized carbons (Fsp3) is 1.00. The Bertz CT molecular complexity index is 246. The van der Waals surface area contributed by atoms with Crippen molar-refractivity contribution in [2.24, 2.45) is 5.41 Å². The lowest BCUT2D eigenvalue weighted by Crippen LogP contribution is -2.29. The molecular weight excluding hydrogens is 216 g/mol. The lowest BCUT2D eigenvalue weighted by molar-refractivity contribution is 0.0434. The topological polar surface area (TPSA) is 74.6 Å². The van der Waals surface area contributed by atoms with Crippen LogP contribution in [0.3, 0.4) is 0 Å². The predicted molar refractivity (Wildman–Crippen MR) is 60.5 cm³/mol. The van der Waals surface area contributed by atoms with Crippen LogP contribution in [0.2, 0.25) is 0 Å². The quantitative estimate of drug-likeness (QED) is 0.649. The molecule has 0 saturated carbocycles. The SMILES string of the molecule is CCC(CO)(CO)CCCS(=O)(=O)CC. The highest BCUT2D eigenvalue weighted by atomic mass is 32.2. The van der Waals surface area contributed by atoms with Crippen LogP contribution in [0.4, 0.5) is 0 Å². The second-order valence-electron chi connectivity index (χ2n) is 4.01. The van der Waals surface area contributed by atoms with Crippen molar-refractivity contribution < 1.29 is 18.6 Å². The minimum atomic E-state index is -2.93. The lowest BCUT2D eigenvalue weighted by atomic mass is 9.82. The van der Waals surface area contributed by atoms with Gasteiger partial charge in [-0.2, -0.15) is 0 Å². The average molecular weight is 238 g/mol. The van der Waals surface area contributed by atoms with E-state index in [1.54, 1.807) is 6.92 Å². The minimum Gasteiger partial charge on any atom is -0.396 e. The summed E-state index contributed by atoms with van der Waals surface area (Å²) < 4.78 is 22.5. The molecule has 0 aliphatic carbocycles. The second kappa shape index (κ2) is 6.45. The van der Waals surface area contributed by atoms with Crippen LogP contribution in [0.15, 0.2) is 0 Å². The third kappa shape index (κ3) is 4.95. The van der Waals surface area contributed by atoms with Crippen molar-refractivity contribution in [3.8, 4) is 0 Å². The fourth-order valence-corrected chi connectivity index (χ4v) is 2.29. The van der Waals surface area contributed by atoms with Gasteiger partial charge in [-0.1, -0.05) is 13.8 Å². The standard InChI is InChI=1S/C10H22O4S/c1-3-10(8-11,9-12)6-5-7-15(13,14)4-2/h11-12H,3-9H2,1-2H3. The molecule has 0 unspecified atom stereocenters. The van der Waals surface area contributed by atoms with Gasteiger partial charge in [0, 0.05) is 11.2 Å². The van der Waals surface area contributed by atoms with E-state index < -0.39 is 15.3 Å². The van der Waals surface area contributed by atoms with Crippen molar-refractivity contribution in [3.05, 3.63) is 0 Å². The van der Waals surface area contributed by atoms with Crippen LogP contribution in [0, 0.1) is 5.41 Å². The Morgan fingerprint density at radius 2 is 1.67 bits per heavy atom. The third-order valence-corrected chi connectivity index (χ3v) is 4.81. The number of rotatable bonds is 8. The summed E-state index contributed by atoms with van der Waals surface area (Å²) in [5.74, 6) is 0.301. The van der Waals surface area contributed by atoms with Gasteiger partial charge in [-0.25, -0.2) is 8.42 Å².